The van der Waals surface area contributed by atoms with Gasteiger partial charge in [0.2, 0.25) is 10.0 Å². The minimum atomic E-state index is -4.04. The molecule has 0 aliphatic rings. The number of anilines is 2. The zero-order valence-corrected chi connectivity index (χ0v) is 20.7. The number of hydrogen-bond acceptors (Lipinski definition) is 8. The number of benzene rings is 2. The second-order valence-corrected chi connectivity index (χ2v) is 9.64. The normalized spacial score (nSPS) is 11.3. The van der Waals surface area contributed by atoms with E-state index in [0.717, 1.165) is 0 Å². The SMILES string of the molecule is CCOC(=O)c1cnc2ccc(Cl)cc2c1Nc1ccc(S(=O)(=O)[N-]c2nc(C)cc(C)n2)cc1. The van der Waals surface area contributed by atoms with Crippen molar-refractivity contribution in [1.82, 2.24) is 15.0 Å². The largest absolute Gasteiger partial charge is 0.462 e. The van der Waals surface area contributed by atoms with Gasteiger partial charge in [0.25, 0.3) is 0 Å². The molecule has 11 heteroatoms. The van der Waals surface area contributed by atoms with Crippen LogP contribution >= 0.6 is 11.6 Å². The zero-order chi connectivity index (χ0) is 25.2. The maximum Gasteiger partial charge on any atom is 0.341 e. The van der Waals surface area contributed by atoms with Gasteiger partial charge in [-0.15, -0.1) is 0 Å². The lowest BCUT2D eigenvalue weighted by Gasteiger charge is -2.16. The van der Waals surface area contributed by atoms with E-state index in [-0.39, 0.29) is 23.0 Å². The summed E-state index contributed by atoms with van der Waals surface area (Å²) in [5.74, 6) is -0.667. The average Bonchev–Trinajstić information content (AvgIpc) is 2.79. The number of ether oxygens (including phenoxy) is 1. The number of sulfonamides is 1. The zero-order valence-electron chi connectivity index (χ0n) is 19.1. The van der Waals surface area contributed by atoms with Gasteiger partial charge in [0.05, 0.1) is 22.7 Å². The molecule has 2 aromatic heterocycles. The van der Waals surface area contributed by atoms with Crippen molar-refractivity contribution in [3.63, 3.8) is 0 Å². The van der Waals surface area contributed by atoms with E-state index in [2.05, 4.69) is 25.0 Å². The monoisotopic (exact) mass is 510 g/mol. The summed E-state index contributed by atoms with van der Waals surface area (Å²) in [6.07, 6.45) is 1.43. The van der Waals surface area contributed by atoms with Crippen molar-refractivity contribution < 1.29 is 17.9 Å². The quantitative estimate of drug-likeness (QED) is 0.318. The fraction of sp³-hybridized carbons (Fsp3) is 0.167. The van der Waals surface area contributed by atoms with Crippen molar-refractivity contribution in [1.29, 1.82) is 0 Å². The molecule has 0 bridgehead atoms. The Labute approximate surface area is 207 Å². The molecule has 0 atom stereocenters. The van der Waals surface area contributed by atoms with Gasteiger partial charge in [-0.25, -0.2) is 13.2 Å². The molecule has 0 unspecified atom stereocenters. The van der Waals surface area contributed by atoms with Gasteiger partial charge in [-0.3, -0.25) is 9.71 Å². The summed E-state index contributed by atoms with van der Waals surface area (Å²) in [5.41, 5.74) is 3.06. The van der Waals surface area contributed by atoms with Gasteiger partial charge in [-0.2, -0.15) is 0 Å². The molecule has 9 nitrogen and oxygen atoms in total. The first-order valence-electron chi connectivity index (χ1n) is 10.6. The van der Waals surface area contributed by atoms with Gasteiger partial charge in [-0.05, 0) is 74.6 Å². The van der Waals surface area contributed by atoms with Crippen molar-refractivity contribution in [2.75, 3.05) is 11.9 Å². The van der Waals surface area contributed by atoms with Crippen molar-refractivity contribution in [2.45, 2.75) is 25.7 Å². The highest BCUT2D eigenvalue weighted by Gasteiger charge is 2.18. The highest BCUT2D eigenvalue weighted by atomic mass is 35.5. The van der Waals surface area contributed by atoms with Gasteiger partial charge in [-0.1, -0.05) is 17.7 Å². The minimum absolute atomic E-state index is 0.0287. The second-order valence-electron chi connectivity index (χ2n) is 7.60. The van der Waals surface area contributed by atoms with Gasteiger partial charge in [0, 0.05) is 28.2 Å². The molecular formula is C24H21ClN5O4S-. The second kappa shape index (κ2) is 9.85. The van der Waals surface area contributed by atoms with E-state index < -0.39 is 16.0 Å². The summed E-state index contributed by atoms with van der Waals surface area (Å²) >= 11 is 6.18. The van der Waals surface area contributed by atoms with Crippen LogP contribution in [0.25, 0.3) is 15.6 Å². The van der Waals surface area contributed by atoms with Gasteiger partial charge in [0.1, 0.15) is 5.56 Å². The van der Waals surface area contributed by atoms with Crippen LogP contribution in [0.15, 0.2) is 59.6 Å². The number of rotatable bonds is 7. The lowest BCUT2D eigenvalue weighted by Crippen LogP contribution is -2.09. The molecule has 0 amide bonds. The van der Waals surface area contributed by atoms with Gasteiger partial charge in [0.15, 0.2) is 0 Å². The number of aryl methyl sites for hydroxylation is 2. The molecule has 2 heterocycles. The molecule has 4 rings (SSSR count). The van der Waals surface area contributed by atoms with Crippen LogP contribution in [0.3, 0.4) is 0 Å². The summed E-state index contributed by atoms with van der Waals surface area (Å²) in [5, 5.41) is 4.26. The number of nitrogens with zero attached hydrogens (tertiary/aromatic N) is 4. The Morgan fingerprint density at radius 1 is 1.06 bits per heavy atom. The summed E-state index contributed by atoms with van der Waals surface area (Å²) in [7, 11) is -4.04. The fourth-order valence-corrected chi connectivity index (χ4v) is 4.48. The Kier molecular flexibility index (Phi) is 6.86. The Morgan fingerprint density at radius 3 is 2.40 bits per heavy atom. The lowest BCUT2D eigenvalue weighted by atomic mass is 10.1. The van der Waals surface area contributed by atoms with Crippen LogP contribution in [0, 0.1) is 13.8 Å². The third kappa shape index (κ3) is 5.50. The third-order valence-electron chi connectivity index (χ3n) is 4.92. The first kappa shape index (κ1) is 24.4. The number of carbonyl (C=O) groups is 1. The van der Waals surface area contributed by atoms with Crippen molar-refractivity contribution in [2.24, 2.45) is 0 Å². The van der Waals surface area contributed by atoms with Crippen LogP contribution < -0.4 is 5.32 Å². The van der Waals surface area contributed by atoms with E-state index in [4.69, 9.17) is 16.3 Å². The van der Waals surface area contributed by atoms with Crippen LogP contribution in [0.5, 0.6) is 0 Å². The van der Waals surface area contributed by atoms with Crippen LogP contribution in [0.2, 0.25) is 5.02 Å². The van der Waals surface area contributed by atoms with Crippen molar-refractivity contribution >= 4 is 55.8 Å². The Hall–Kier alpha value is -3.76. The molecule has 0 saturated heterocycles. The summed E-state index contributed by atoms with van der Waals surface area (Å²) in [4.78, 5) is 25.0. The first-order valence-corrected chi connectivity index (χ1v) is 12.4. The molecule has 2 aromatic carbocycles. The summed E-state index contributed by atoms with van der Waals surface area (Å²) in [6, 6.07) is 12.8. The topological polar surface area (TPSA) is 125 Å². The molecule has 0 spiro atoms. The standard InChI is InChI=1S/C24H22ClN5O4S/c1-4-34-23(31)20-13-26-21-10-5-16(25)12-19(21)22(20)29-17-6-8-18(9-7-17)35(32,33)30-24-27-14(2)11-15(3)28-24/h5-13H,4H2,1-3H3,(H2,26,27,28,29,30,31)/p-1. The molecule has 4 aromatic rings. The van der Waals surface area contributed by atoms with Crippen molar-refractivity contribution in [3.8, 4) is 0 Å². The molecule has 35 heavy (non-hydrogen) atoms. The maximum absolute atomic E-state index is 12.8. The van der Waals surface area contributed by atoms with E-state index in [1.807, 2.05) is 0 Å². The predicted octanol–water partition coefficient (Wildman–Crippen LogP) is 5.61. The molecule has 0 fully saturated rings. The number of carbonyl (C=O) groups excluding carboxylic acids is 1. The Balaban J connectivity index is 1.66. The van der Waals surface area contributed by atoms with E-state index in [1.165, 1.54) is 18.3 Å². The summed E-state index contributed by atoms with van der Waals surface area (Å²) in [6.45, 7) is 5.39. The molecule has 0 aliphatic carbocycles. The number of esters is 1. The highest BCUT2D eigenvalue weighted by molar-refractivity contribution is 7.94. The number of aromatic nitrogens is 3. The highest BCUT2D eigenvalue weighted by Crippen LogP contribution is 2.32. The smallest absolute Gasteiger partial charge is 0.341 e. The average molecular weight is 511 g/mol. The van der Waals surface area contributed by atoms with E-state index in [0.29, 0.717) is 38.7 Å². The van der Waals surface area contributed by atoms with Gasteiger partial charge < -0.3 is 20.0 Å². The van der Waals surface area contributed by atoms with Crippen LogP contribution in [0.4, 0.5) is 17.3 Å². The molecule has 180 valence electrons. The first-order chi connectivity index (χ1) is 16.7. The van der Waals surface area contributed by atoms with Gasteiger partial charge >= 0.3 is 5.97 Å². The summed E-state index contributed by atoms with van der Waals surface area (Å²) < 4.78 is 34.5. The Morgan fingerprint density at radius 2 is 1.74 bits per heavy atom. The number of halogens is 1. The molecule has 1 N–H and O–H groups in total. The van der Waals surface area contributed by atoms with Crippen LogP contribution in [-0.2, 0) is 14.8 Å². The van der Waals surface area contributed by atoms with E-state index in [9.17, 15) is 13.2 Å². The number of hydrogen-bond donors (Lipinski definition) is 1. The number of nitrogens with one attached hydrogen (secondary N) is 1. The lowest BCUT2D eigenvalue weighted by molar-refractivity contribution is 0.0527. The van der Waals surface area contributed by atoms with Crippen molar-refractivity contribution in [3.05, 3.63) is 81.4 Å². The van der Waals surface area contributed by atoms with Crippen LogP contribution in [-0.4, -0.2) is 35.9 Å². The van der Waals surface area contributed by atoms with E-state index in [1.54, 1.807) is 57.2 Å². The number of fused-ring (bicyclic) bond motifs is 1. The Bertz CT molecular complexity index is 1510. The fourth-order valence-electron chi connectivity index (χ4n) is 3.43. The molecular weight excluding hydrogens is 490 g/mol. The van der Waals surface area contributed by atoms with E-state index >= 15 is 0 Å². The predicted molar refractivity (Wildman–Crippen MR) is 134 cm³/mol. The van der Waals surface area contributed by atoms with Crippen LogP contribution in [0.1, 0.15) is 28.7 Å². The maximum atomic E-state index is 12.8. The molecule has 0 radical (unpaired) electrons. The molecule has 0 aliphatic heterocycles. The minimum Gasteiger partial charge on any atom is -0.462 e. The third-order valence-corrected chi connectivity index (χ3v) is 6.43. The molecule has 0 saturated carbocycles. The number of pyridine rings is 1.